The summed E-state index contributed by atoms with van der Waals surface area (Å²) in [6, 6.07) is 17.7. The van der Waals surface area contributed by atoms with Crippen LogP contribution in [0.3, 0.4) is 0 Å². The molecule has 0 aliphatic heterocycles. The standard InChI is InChI=1S/C19H24N2.ClH/c20-13-5-11-19(12-6-14-21)17-9-3-1-7-15(17)16-8-2-4-10-18(16)19;/h1-4,7-10H,5-6,11-14,20-21H2;1H. The van der Waals surface area contributed by atoms with Crippen LogP contribution < -0.4 is 11.5 Å². The van der Waals surface area contributed by atoms with Gasteiger partial charge in [0, 0.05) is 5.41 Å². The van der Waals surface area contributed by atoms with Crippen molar-refractivity contribution in [3.05, 3.63) is 59.7 Å². The van der Waals surface area contributed by atoms with Crippen LogP contribution >= 0.6 is 12.4 Å². The Bertz CT molecular complexity index is 569. The third kappa shape index (κ3) is 2.67. The third-order valence-corrected chi connectivity index (χ3v) is 4.79. The summed E-state index contributed by atoms with van der Waals surface area (Å²) in [6.07, 6.45) is 4.32. The maximum absolute atomic E-state index is 5.81. The first-order valence-corrected chi connectivity index (χ1v) is 7.93. The number of hydrogen-bond acceptors (Lipinski definition) is 2. The van der Waals surface area contributed by atoms with Gasteiger partial charge in [0.2, 0.25) is 0 Å². The third-order valence-electron chi connectivity index (χ3n) is 4.79. The molecule has 0 bridgehead atoms. The van der Waals surface area contributed by atoms with E-state index in [4.69, 9.17) is 11.5 Å². The van der Waals surface area contributed by atoms with Gasteiger partial charge in [-0.05, 0) is 61.0 Å². The van der Waals surface area contributed by atoms with E-state index in [0.29, 0.717) is 0 Å². The Kier molecular flexibility index (Phi) is 5.63. The van der Waals surface area contributed by atoms with Gasteiger partial charge in [-0.15, -0.1) is 12.4 Å². The van der Waals surface area contributed by atoms with Gasteiger partial charge >= 0.3 is 0 Å². The van der Waals surface area contributed by atoms with Gasteiger partial charge < -0.3 is 11.5 Å². The molecule has 0 saturated carbocycles. The number of rotatable bonds is 6. The van der Waals surface area contributed by atoms with Gasteiger partial charge in [-0.3, -0.25) is 0 Å². The Morgan fingerprint density at radius 2 is 1.09 bits per heavy atom. The van der Waals surface area contributed by atoms with Crippen LogP contribution in [0, 0.1) is 0 Å². The molecule has 0 saturated heterocycles. The summed E-state index contributed by atoms with van der Waals surface area (Å²) in [7, 11) is 0. The molecule has 118 valence electrons. The maximum atomic E-state index is 5.81. The zero-order chi connectivity index (χ0) is 14.7. The van der Waals surface area contributed by atoms with Crippen LogP contribution in [0.4, 0.5) is 0 Å². The van der Waals surface area contributed by atoms with E-state index in [2.05, 4.69) is 48.5 Å². The SMILES string of the molecule is Cl.NCCCC1(CCCN)c2ccccc2-c2ccccc21. The van der Waals surface area contributed by atoms with E-state index < -0.39 is 0 Å². The molecule has 0 amide bonds. The summed E-state index contributed by atoms with van der Waals surface area (Å²) in [5.74, 6) is 0. The molecule has 1 aliphatic rings. The fraction of sp³-hybridized carbons (Fsp3) is 0.368. The molecule has 1 aliphatic carbocycles. The highest BCUT2D eigenvalue weighted by Gasteiger charge is 2.41. The quantitative estimate of drug-likeness (QED) is 0.850. The molecule has 0 fully saturated rings. The molecular weight excluding hydrogens is 292 g/mol. The summed E-state index contributed by atoms with van der Waals surface area (Å²) < 4.78 is 0. The van der Waals surface area contributed by atoms with Crippen LogP contribution in [-0.4, -0.2) is 13.1 Å². The predicted octanol–water partition coefficient (Wildman–Crippen LogP) is 3.85. The molecule has 0 unspecified atom stereocenters. The van der Waals surface area contributed by atoms with Crippen molar-refractivity contribution in [3.8, 4) is 11.1 Å². The number of halogens is 1. The van der Waals surface area contributed by atoms with Crippen LogP contribution in [-0.2, 0) is 5.41 Å². The molecule has 0 aromatic heterocycles. The van der Waals surface area contributed by atoms with Gasteiger partial charge in [-0.25, -0.2) is 0 Å². The minimum atomic E-state index is 0. The first kappa shape index (κ1) is 17.0. The molecular formula is C19H25ClN2. The maximum Gasteiger partial charge on any atom is 0.0216 e. The lowest BCUT2D eigenvalue weighted by Crippen LogP contribution is -2.27. The van der Waals surface area contributed by atoms with Crippen molar-refractivity contribution in [2.24, 2.45) is 11.5 Å². The molecule has 22 heavy (non-hydrogen) atoms. The molecule has 0 spiro atoms. The van der Waals surface area contributed by atoms with Crippen LogP contribution in [0.25, 0.3) is 11.1 Å². The normalized spacial score (nSPS) is 14.1. The van der Waals surface area contributed by atoms with E-state index >= 15 is 0 Å². The highest BCUT2D eigenvalue weighted by Crippen LogP contribution is 2.53. The monoisotopic (exact) mass is 316 g/mol. The molecule has 4 N–H and O–H groups in total. The first-order valence-electron chi connectivity index (χ1n) is 7.93. The molecule has 0 radical (unpaired) electrons. The van der Waals surface area contributed by atoms with Gasteiger partial charge in [0.15, 0.2) is 0 Å². The van der Waals surface area contributed by atoms with E-state index in [-0.39, 0.29) is 17.8 Å². The van der Waals surface area contributed by atoms with Gasteiger partial charge in [0.05, 0.1) is 0 Å². The largest absolute Gasteiger partial charge is 0.330 e. The highest BCUT2D eigenvalue weighted by atomic mass is 35.5. The lowest BCUT2D eigenvalue weighted by atomic mass is 9.71. The highest BCUT2D eigenvalue weighted by molar-refractivity contribution is 5.85. The van der Waals surface area contributed by atoms with Crippen molar-refractivity contribution in [2.45, 2.75) is 31.1 Å². The molecule has 0 heterocycles. The summed E-state index contributed by atoms with van der Waals surface area (Å²) in [4.78, 5) is 0. The molecule has 2 aromatic rings. The van der Waals surface area contributed by atoms with Crippen molar-refractivity contribution in [2.75, 3.05) is 13.1 Å². The number of hydrogen-bond donors (Lipinski definition) is 2. The van der Waals surface area contributed by atoms with Crippen molar-refractivity contribution in [3.63, 3.8) is 0 Å². The van der Waals surface area contributed by atoms with Crippen LogP contribution in [0.5, 0.6) is 0 Å². The minimum absolute atomic E-state index is 0. The smallest absolute Gasteiger partial charge is 0.0216 e. The van der Waals surface area contributed by atoms with E-state index in [1.807, 2.05) is 0 Å². The summed E-state index contributed by atoms with van der Waals surface area (Å²) in [5, 5.41) is 0. The molecule has 0 atom stereocenters. The predicted molar refractivity (Wildman–Crippen MR) is 96.5 cm³/mol. The van der Waals surface area contributed by atoms with Crippen molar-refractivity contribution in [1.29, 1.82) is 0 Å². The lowest BCUT2D eigenvalue weighted by Gasteiger charge is -2.32. The minimum Gasteiger partial charge on any atom is -0.330 e. The van der Waals surface area contributed by atoms with Gasteiger partial charge in [0.1, 0.15) is 0 Å². The first-order chi connectivity index (χ1) is 10.3. The van der Waals surface area contributed by atoms with E-state index in [0.717, 1.165) is 38.8 Å². The van der Waals surface area contributed by atoms with Crippen LogP contribution in [0.15, 0.2) is 48.5 Å². The number of fused-ring (bicyclic) bond motifs is 3. The zero-order valence-electron chi connectivity index (χ0n) is 12.9. The fourth-order valence-corrected chi connectivity index (χ4v) is 3.89. The Morgan fingerprint density at radius 1 is 0.682 bits per heavy atom. The van der Waals surface area contributed by atoms with Crippen molar-refractivity contribution < 1.29 is 0 Å². The number of benzene rings is 2. The second kappa shape index (κ2) is 7.28. The Morgan fingerprint density at radius 3 is 1.50 bits per heavy atom. The summed E-state index contributed by atoms with van der Waals surface area (Å²) in [5.41, 5.74) is 17.4. The Labute approximate surface area is 139 Å². The molecule has 2 aromatic carbocycles. The molecule has 2 nitrogen and oxygen atoms in total. The topological polar surface area (TPSA) is 52.0 Å². The van der Waals surface area contributed by atoms with E-state index in [1.165, 1.54) is 22.3 Å². The summed E-state index contributed by atoms with van der Waals surface area (Å²) in [6.45, 7) is 1.49. The summed E-state index contributed by atoms with van der Waals surface area (Å²) >= 11 is 0. The van der Waals surface area contributed by atoms with Crippen molar-refractivity contribution in [1.82, 2.24) is 0 Å². The number of nitrogens with two attached hydrogens (primary N) is 2. The van der Waals surface area contributed by atoms with Gasteiger partial charge in [-0.1, -0.05) is 48.5 Å². The molecule has 3 heteroatoms. The second-order valence-corrected chi connectivity index (χ2v) is 5.96. The fourth-order valence-electron chi connectivity index (χ4n) is 3.89. The lowest BCUT2D eigenvalue weighted by molar-refractivity contribution is 0.424. The zero-order valence-corrected chi connectivity index (χ0v) is 13.7. The van der Waals surface area contributed by atoms with E-state index in [9.17, 15) is 0 Å². The Hall–Kier alpha value is -1.35. The average Bonchev–Trinajstić information content (AvgIpc) is 2.82. The second-order valence-electron chi connectivity index (χ2n) is 5.96. The molecule has 3 rings (SSSR count). The van der Waals surface area contributed by atoms with Crippen LogP contribution in [0.1, 0.15) is 36.8 Å². The van der Waals surface area contributed by atoms with Crippen molar-refractivity contribution >= 4 is 12.4 Å². The van der Waals surface area contributed by atoms with Gasteiger partial charge in [-0.2, -0.15) is 0 Å². The average molecular weight is 317 g/mol. The Balaban J connectivity index is 0.00000176. The van der Waals surface area contributed by atoms with E-state index in [1.54, 1.807) is 0 Å². The van der Waals surface area contributed by atoms with Crippen LogP contribution in [0.2, 0.25) is 0 Å². The van der Waals surface area contributed by atoms with Gasteiger partial charge in [0.25, 0.3) is 0 Å².